The smallest absolute Gasteiger partial charge is 0.226 e. The number of nitrogens with zero attached hydrogens (tertiary/aromatic N) is 3. The van der Waals surface area contributed by atoms with Crippen molar-refractivity contribution >= 4 is 5.95 Å². The van der Waals surface area contributed by atoms with Gasteiger partial charge in [0.15, 0.2) is 0 Å². The van der Waals surface area contributed by atoms with Crippen molar-refractivity contribution in [1.29, 1.82) is 0 Å². The number of hydrogen-bond acceptors (Lipinski definition) is 5. The summed E-state index contributed by atoms with van der Waals surface area (Å²) in [6.07, 6.45) is 5.38. The minimum Gasteiger partial charge on any atom is -0.478 e. The number of anilines is 1. The van der Waals surface area contributed by atoms with Crippen molar-refractivity contribution in [1.82, 2.24) is 14.9 Å². The molecule has 1 aliphatic heterocycles. The first-order valence-electron chi connectivity index (χ1n) is 7.26. The first kappa shape index (κ1) is 14.1. The van der Waals surface area contributed by atoms with Gasteiger partial charge in [-0.05, 0) is 39.3 Å². The van der Waals surface area contributed by atoms with Gasteiger partial charge in [0.2, 0.25) is 11.8 Å². The molecule has 0 saturated carbocycles. The Labute approximate surface area is 115 Å². The van der Waals surface area contributed by atoms with E-state index in [0.717, 1.165) is 6.54 Å². The Hall–Kier alpha value is -1.36. The minimum atomic E-state index is 0.442. The van der Waals surface area contributed by atoms with Crippen molar-refractivity contribution in [3.63, 3.8) is 0 Å². The van der Waals surface area contributed by atoms with Crippen molar-refractivity contribution in [3.8, 4) is 5.88 Å². The highest BCUT2D eigenvalue weighted by Gasteiger charge is 2.19. The molecule has 0 radical (unpaired) electrons. The molecule has 5 nitrogen and oxygen atoms in total. The summed E-state index contributed by atoms with van der Waals surface area (Å²) < 4.78 is 5.39. The van der Waals surface area contributed by atoms with Gasteiger partial charge >= 0.3 is 0 Å². The third-order valence-electron chi connectivity index (χ3n) is 3.30. The average Bonchev–Trinajstić information content (AvgIpc) is 2.40. The largest absolute Gasteiger partial charge is 0.478 e. The van der Waals surface area contributed by atoms with Crippen molar-refractivity contribution in [3.05, 3.63) is 12.3 Å². The van der Waals surface area contributed by atoms with Crippen molar-refractivity contribution in [2.24, 2.45) is 0 Å². The molecule has 0 aliphatic carbocycles. The summed E-state index contributed by atoms with van der Waals surface area (Å²) >= 11 is 0. The van der Waals surface area contributed by atoms with Crippen LogP contribution in [0.1, 0.15) is 33.1 Å². The van der Waals surface area contributed by atoms with Gasteiger partial charge in [-0.2, -0.15) is 4.98 Å². The summed E-state index contributed by atoms with van der Waals surface area (Å²) in [5.74, 6) is 1.32. The van der Waals surface area contributed by atoms with Crippen molar-refractivity contribution in [2.75, 3.05) is 31.6 Å². The van der Waals surface area contributed by atoms with Crippen LogP contribution >= 0.6 is 0 Å². The second-order valence-electron chi connectivity index (χ2n) is 4.94. The molecule has 1 aromatic heterocycles. The van der Waals surface area contributed by atoms with Crippen LogP contribution in [0.5, 0.6) is 5.88 Å². The summed E-state index contributed by atoms with van der Waals surface area (Å²) in [4.78, 5) is 11.1. The fourth-order valence-corrected chi connectivity index (χ4v) is 2.52. The minimum absolute atomic E-state index is 0.442. The molecular formula is C14H24N4O. The predicted molar refractivity (Wildman–Crippen MR) is 76.6 cm³/mol. The standard InChI is InChI=1S/C14H24N4O/c1-3-9-18-10-5-6-12(11-18)16-14-15-8-7-13(17-14)19-4-2/h7-8,12H,3-6,9-11H2,1-2H3,(H,15,16,17)/t12-/m1/s1. The second-order valence-corrected chi connectivity index (χ2v) is 4.94. The van der Waals surface area contributed by atoms with Crippen LogP contribution in [-0.4, -0.2) is 47.2 Å². The maximum atomic E-state index is 5.39. The van der Waals surface area contributed by atoms with E-state index >= 15 is 0 Å². The molecular weight excluding hydrogens is 240 g/mol. The van der Waals surface area contributed by atoms with E-state index in [1.165, 1.54) is 32.4 Å². The Bertz CT molecular complexity index is 383. The van der Waals surface area contributed by atoms with Crippen LogP contribution in [-0.2, 0) is 0 Å². The lowest BCUT2D eigenvalue weighted by Gasteiger charge is -2.32. The van der Waals surface area contributed by atoms with Gasteiger partial charge in [0.05, 0.1) is 6.61 Å². The summed E-state index contributed by atoms with van der Waals surface area (Å²) in [5.41, 5.74) is 0. The SMILES string of the molecule is CCCN1CCC[C@@H](Nc2nccc(OCC)n2)C1. The summed E-state index contributed by atoms with van der Waals surface area (Å²) in [7, 11) is 0. The molecule has 5 heteroatoms. The van der Waals surface area contributed by atoms with E-state index in [9.17, 15) is 0 Å². The normalized spacial score (nSPS) is 20.2. The highest BCUT2D eigenvalue weighted by molar-refractivity contribution is 5.29. The molecule has 2 rings (SSSR count). The number of piperidine rings is 1. The van der Waals surface area contributed by atoms with E-state index in [1.54, 1.807) is 12.3 Å². The van der Waals surface area contributed by atoms with Crippen LogP contribution in [0.4, 0.5) is 5.95 Å². The first-order chi connectivity index (χ1) is 9.31. The maximum Gasteiger partial charge on any atom is 0.226 e. The molecule has 0 spiro atoms. The number of nitrogens with one attached hydrogen (secondary N) is 1. The number of hydrogen-bond donors (Lipinski definition) is 1. The molecule has 1 N–H and O–H groups in total. The zero-order valence-electron chi connectivity index (χ0n) is 11.9. The van der Waals surface area contributed by atoms with E-state index in [-0.39, 0.29) is 0 Å². The third kappa shape index (κ3) is 4.35. The highest BCUT2D eigenvalue weighted by atomic mass is 16.5. The topological polar surface area (TPSA) is 50.3 Å². The van der Waals surface area contributed by atoms with Gasteiger partial charge < -0.3 is 15.0 Å². The lowest BCUT2D eigenvalue weighted by Crippen LogP contribution is -2.42. The Kier molecular flexibility index (Phi) is 5.39. The van der Waals surface area contributed by atoms with Crippen LogP contribution in [0.2, 0.25) is 0 Å². The van der Waals surface area contributed by atoms with Gasteiger partial charge in [-0.3, -0.25) is 0 Å². The van der Waals surface area contributed by atoms with Gasteiger partial charge in [0, 0.05) is 24.8 Å². The van der Waals surface area contributed by atoms with Crippen LogP contribution in [0.25, 0.3) is 0 Å². The number of rotatable bonds is 6. The van der Waals surface area contributed by atoms with Gasteiger partial charge in [-0.1, -0.05) is 6.92 Å². The Morgan fingerprint density at radius 3 is 3.16 bits per heavy atom. The van der Waals surface area contributed by atoms with Gasteiger partial charge in [0.25, 0.3) is 0 Å². The number of ether oxygens (including phenoxy) is 1. The molecule has 0 amide bonds. The van der Waals surface area contributed by atoms with Crippen LogP contribution in [0, 0.1) is 0 Å². The number of likely N-dealkylation sites (tertiary alicyclic amines) is 1. The maximum absolute atomic E-state index is 5.39. The quantitative estimate of drug-likeness (QED) is 0.853. The molecule has 106 valence electrons. The number of aromatic nitrogens is 2. The van der Waals surface area contributed by atoms with Gasteiger partial charge in [-0.15, -0.1) is 0 Å². The van der Waals surface area contributed by atoms with Crippen molar-refractivity contribution < 1.29 is 4.74 Å². The van der Waals surface area contributed by atoms with E-state index in [0.29, 0.717) is 24.5 Å². The van der Waals surface area contributed by atoms with E-state index < -0.39 is 0 Å². The Morgan fingerprint density at radius 2 is 2.37 bits per heavy atom. The molecule has 0 unspecified atom stereocenters. The molecule has 0 bridgehead atoms. The summed E-state index contributed by atoms with van der Waals surface area (Å²) in [6, 6.07) is 2.23. The Morgan fingerprint density at radius 1 is 1.47 bits per heavy atom. The molecule has 1 saturated heterocycles. The van der Waals surface area contributed by atoms with Crippen molar-refractivity contribution in [2.45, 2.75) is 39.2 Å². The molecule has 1 aliphatic rings. The average molecular weight is 264 g/mol. The fourth-order valence-electron chi connectivity index (χ4n) is 2.52. The first-order valence-corrected chi connectivity index (χ1v) is 7.26. The Balaban J connectivity index is 1.90. The third-order valence-corrected chi connectivity index (χ3v) is 3.30. The molecule has 0 aromatic carbocycles. The molecule has 19 heavy (non-hydrogen) atoms. The predicted octanol–water partition coefficient (Wildman–Crippen LogP) is 2.16. The van der Waals surface area contributed by atoms with Gasteiger partial charge in [-0.25, -0.2) is 4.98 Å². The van der Waals surface area contributed by atoms with Crippen LogP contribution < -0.4 is 10.1 Å². The molecule has 2 heterocycles. The lowest BCUT2D eigenvalue weighted by molar-refractivity contribution is 0.216. The molecule has 1 fully saturated rings. The zero-order chi connectivity index (χ0) is 13.5. The monoisotopic (exact) mass is 264 g/mol. The molecule has 1 aromatic rings. The van der Waals surface area contributed by atoms with E-state index in [1.807, 2.05) is 6.92 Å². The van der Waals surface area contributed by atoms with Crippen LogP contribution in [0.3, 0.4) is 0 Å². The van der Waals surface area contributed by atoms with Gasteiger partial charge in [0.1, 0.15) is 0 Å². The zero-order valence-corrected chi connectivity index (χ0v) is 11.9. The van der Waals surface area contributed by atoms with E-state index in [4.69, 9.17) is 4.74 Å². The fraction of sp³-hybridized carbons (Fsp3) is 0.714. The summed E-state index contributed by atoms with van der Waals surface area (Å²) in [5, 5.41) is 3.42. The summed E-state index contributed by atoms with van der Waals surface area (Å²) in [6.45, 7) is 8.29. The van der Waals surface area contributed by atoms with Crippen LogP contribution in [0.15, 0.2) is 12.3 Å². The molecule has 1 atom stereocenters. The van der Waals surface area contributed by atoms with E-state index in [2.05, 4.69) is 27.1 Å². The second kappa shape index (κ2) is 7.28. The highest BCUT2D eigenvalue weighted by Crippen LogP contribution is 2.15. The lowest BCUT2D eigenvalue weighted by atomic mass is 10.1.